The molecule has 2 rings (SSSR count). The third-order valence-corrected chi connectivity index (χ3v) is 4.52. The largest absolute Gasteiger partial charge is 0.341 e. The summed E-state index contributed by atoms with van der Waals surface area (Å²) in [5.41, 5.74) is 5.60. The first-order chi connectivity index (χ1) is 8.72. The normalized spacial score (nSPS) is 30.4. The summed E-state index contributed by atoms with van der Waals surface area (Å²) in [4.78, 5) is 17.0. The number of rotatable bonds is 3. The van der Waals surface area contributed by atoms with E-state index in [1.54, 1.807) is 0 Å². The standard InChI is InChI=1S/C14H27N3O/c1-12-4-2-5-13(12)14(18)17-8-3-7-16(9-6-15)10-11-17/h12-13H,2-11,15H2,1H3. The summed E-state index contributed by atoms with van der Waals surface area (Å²) in [6, 6.07) is 0. The minimum absolute atomic E-state index is 0.297. The highest BCUT2D eigenvalue weighted by molar-refractivity contribution is 5.79. The predicted octanol–water partition coefficient (Wildman–Crippen LogP) is 0.916. The Labute approximate surface area is 110 Å². The zero-order valence-corrected chi connectivity index (χ0v) is 11.6. The van der Waals surface area contributed by atoms with Crippen LogP contribution in [0.3, 0.4) is 0 Å². The Kier molecular flexibility index (Phi) is 5.01. The maximum absolute atomic E-state index is 12.5. The van der Waals surface area contributed by atoms with Gasteiger partial charge in [-0.05, 0) is 31.7 Å². The van der Waals surface area contributed by atoms with Crippen LogP contribution >= 0.6 is 0 Å². The van der Waals surface area contributed by atoms with Crippen LogP contribution in [0, 0.1) is 11.8 Å². The minimum Gasteiger partial charge on any atom is -0.341 e. The maximum Gasteiger partial charge on any atom is 0.225 e. The molecule has 1 saturated heterocycles. The highest BCUT2D eigenvalue weighted by atomic mass is 16.2. The van der Waals surface area contributed by atoms with Crippen LogP contribution in [0.25, 0.3) is 0 Å². The van der Waals surface area contributed by atoms with E-state index in [9.17, 15) is 4.79 Å². The lowest BCUT2D eigenvalue weighted by molar-refractivity contribution is -0.136. The summed E-state index contributed by atoms with van der Waals surface area (Å²) in [5, 5.41) is 0. The van der Waals surface area contributed by atoms with E-state index >= 15 is 0 Å². The van der Waals surface area contributed by atoms with Gasteiger partial charge in [0, 0.05) is 38.6 Å². The zero-order valence-electron chi connectivity index (χ0n) is 11.6. The van der Waals surface area contributed by atoms with Crippen LogP contribution in [-0.4, -0.2) is 55.0 Å². The molecule has 0 spiro atoms. The Hall–Kier alpha value is -0.610. The molecule has 4 heteroatoms. The fourth-order valence-corrected chi connectivity index (χ4v) is 3.34. The van der Waals surface area contributed by atoms with E-state index in [1.165, 1.54) is 12.8 Å². The van der Waals surface area contributed by atoms with Gasteiger partial charge >= 0.3 is 0 Å². The van der Waals surface area contributed by atoms with Crippen LogP contribution in [0.4, 0.5) is 0 Å². The average Bonchev–Trinajstić information content (AvgIpc) is 2.64. The molecule has 0 aromatic heterocycles. The third kappa shape index (κ3) is 3.23. The molecular formula is C14H27N3O. The number of hydrogen-bond acceptors (Lipinski definition) is 3. The molecule has 2 atom stereocenters. The molecule has 1 aliphatic heterocycles. The molecule has 0 bridgehead atoms. The fraction of sp³-hybridized carbons (Fsp3) is 0.929. The number of nitrogens with two attached hydrogens (primary N) is 1. The SMILES string of the molecule is CC1CCCC1C(=O)N1CCCN(CCN)CC1. The molecule has 0 aromatic rings. The lowest BCUT2D eigenvalue weighted by Gasteiger charge is -2.26. The van der Waals surface area contributed by atoms with E-state index in [-0.39, 0.29) is 0 Å². The molecule has 0 radical (unpaired) electrons. The summed E-state index contributed by atoms with van der Waals surface area (Å²) in [7, 11) is 0. The van der Waals surface area contributed by atoms with E-state index in [0.717, 1.165) is 45.6 Å². The number of carbonyl (C=O) groups is 1. The van der Waals surface area contributed by atoms with Gasteiger partial charge in [-0.25, -0.2) is 0 Å². The summed E-state index contributed by atoms with van der Waals surface area (Å²) >= 11 is 0. The monoisotopic (exact) mass is 253 g/mol. The smallest absolute Gasteiger partial charge is 0.225 e. The van der Waals surface area contributed by atoms with Gasteiger partial charge in [0.2, 0.25) is 5.91 Å². The van der Waals surface area contributed by atoms with Gasteiger partial charge in [0.15, 0.2) is 0 Å². The van der Waals surface area contributed by atoms with Crippen molar-refractivity contribution in [3.05, 3.63) is 0 Å². The minimum atomic E-state index is 0.297. The Morgan fingerprint density at radius 3 is 2.67 bits per heavy atom. The molecule has 1 saturated carbocycles. The van der Waals surface area contributed by atoms with Gasteiger partial charge < -0.3 is 15.5 Å². The number of hydrogen-bond donors (Lipinski definition) is 1. The van der Waals surface area contributed by atoms with E-state index in [2.05, 4.69) is 16.7 Å². The van der Waals surface area contributed by atoms with Gasteiger partial charge in [0.1, 0.15) is 0 Å². The Morgan fingerprint density at radius 1 is 1.17 bits per heavy atom. The Balaban J connectivity index is 1.87. The third-order valence-electron chi connectivity index (χ3n) is 4.52. The number of amides is 1. The van der Waals surface area contributed by atoms with Crippen molar-refractivity contribution in [2.75, 3.05) is 39.3 Å². The van der Waals surface area contributed by atoms with Crippen molar-refractivity contribution in [3.8, 4) is 0 Å². The zero-order chi connectivity index (χ0) is 13.0. The van der Waals surface area contributed by atoms with E-state index < -0.39 is 0 Å². The molecule has 0 aromatic carbocycles. The van der Waals surface area contributed by atoms with Crippen molar-refractivity contribution < 1.29 is 4.79 Å². The summed E-state index contributed by atoms with van der Waals surface area (Å²) in [6.07, 6.45) is 4.64. The van der Waals surface area contributed by atoms with Crippen molar-refractivity contribution in [3.63, 3.8) is 0 Å². The van der Waals surface area contributed by atoms with E-state index in [1.807, 2.05) is 0 Å². The van der Waals surface area contributed by atoms with Gasteiger partial charge in [0.05, 0.1) is 0 Å². The first kappa shape index (κ1) is 13.8. The number of nitrogens with zero attached hydrogens (tertiary/aromatic N) is 2. The van der Waals surface area contributed by atoms with E-state index in [4.69, 9.17) is 5.73 Å². The lowest BCUT2D eigenvalue weighted by Crippen LogP contribution is -2.40. The molecule has 2 N–H and O–H groups in total. The van der Waals surface area contributed by atoms with Gasteiger partial charge in [-0.1, -0.05) is 13.3 Å². The molecule has 2 unspecified atom stereocenters. The first-order valence-electron chi connectivity index (χ1n) is 7.43. The summed E-state index contributed by atoms with van der Waals surface area (Å²) < 4.78 is 0. The average molecular weight is 253 g/mol. The Bertz CT molecular complexity index is 282. The van der Waals surface area contributed by atoms with Crippen LogP contribution in [0.1, 0.15) is 32.6 Å². The highest BCUT2D eigenvalue weighted by Gasteiger charge is 2.33. The van der Waals surface area contributed by atoms with Crippen molar-refractivity contribution >= 4 is 5.91 Å². The first-order valence-corrected chi connectivity index (χ1v) is 7.43. The van der Waals surface area contributed by atoms with Crippen molar-refractivity contribution in [1.29, 1.82) is 0 Å². The second kappa shape index (κ2) is 6.53. The summed E-state index contributed by atoms with van der Waals surface area (Å²) in [6.45, 7) is 7.81. The lowest BCUT2D eigenvalue weighted by atomic mass is 9.96. The Morgan fingerprint density at radius 2 is 2.00 bits per heavy atom. The molecule has 2 aliphatic rings. The van der Waals surface area contributed by atoms with Crippen LogP contribution < -0.4 is 5.73 Å². The summed E-state index contributed by atoms with van der Waals surface area (Å²) in [5.74, 6) is 1.29. The predicted molar refractivity (Wildman–Crippen MR) is 73.2 cm³/mol. The van der Waals surface area contributed by atoms with Gasteiger partial charge in [-0.3, -0.25) is 4.79 Å². The second-order valence-corrected chi connectivity index (χ2v) is 5.82. The molecule has 1 heterocycles. The molecular weight excluding hydrogens is 226 g/mol. The second-order valence-electron chi connectivity index (χ2n) is 5.82. The van der Waals surface area contributed by atoms with Crippen molar-refractivity contribution in [2.45, 2.75) is 32.6 Å². The maximum atomic E-state index is 12.5. The van der Waals surface area contributed by atoms with Gasteiger partial charge in [-0.2, -0.15) is 0 Å². The molecule has 18 heavy (non-hydrogen) atoms. The van der Waals surface area contributed by atoms with Crippen molar-refractivity contribution in [1.82, 2.24) is 9.80 Å². The molecule has 2 fully saturated rings. The van der Waals surface area contributed by atoms with Gasteiger partial charge in [0.25, 0.3) is 0 Å². The topological polar surface area (TPSA) is 49.6 Å². The molecule has 104 valence electrons. The fourth-order valence-electron chi connectivity index (χ4n) is 3.34. The highest BCUT2D eigenvalue weighted by Crippen LogP contribution is 2.32. The van der Waals surface area contributed by atoms with Crippen LogP contribution in [0.2, 0.25) is 0 Å². The molecule has 4 nitrogen and oxygen atoms in total. The van der Waals surface area contributed by atoms with E-state index in [0.29, 0.717) is 24.3 Å². The molecule has 1 amide bonds. The van der Waals surface area contributed by atoms with Crippen LogP contribution in [0.15, 0.2) is 0 Å². The van der Waals surface area contributed by atoms with Crippen molar-refractivity contribution in [2.24, 2.45) is 17.6 Å². The molecule has 1 aliphatic carbocycles. The number of carbonyl (C=O) groups excluding carboxylic acids is 1. The quantitative estimate of drug-likeness (QED) is 0.813. The van der Waals surface area contributed by atoms with Crippen LogP contribution in [0.5, 0.6) is 0 Å². The van der Waals surface area contributed by atoms with Crippen LogP contribution in [-0.2, 0) is 4.79 Å². The van der Waals surface area contributed by atoms with Gasteiger partial charge in [-0.15, -0.1) is 0 Å².